The molecule has 2 aromatic carbocycles. The fraction of sp³-hybridized carbons (Fsp3) is 0.318. The number of carbonyl (C=O) groups is 3. The fourth-order valence-electron chi connectivity index (χ4n) is 3.21. The standard InChI is InChI=1S/C22H25N3O3/c1-21(2,3)15-10-12-16(13-11-15)22(4)19(27)25(20(28)24-22)14-18(26)23-17-8-6-5-7-9-17/h5-13H,14H2,1-4H3,(H,23,26)(H,24,28). The third kappa shape index (κ3) is 3.76. The molecule has 1 saturated heterocycles. The van der Waals surface area contributed by atoms with Crippen molar-refractivity contribution in [3.8, 4) is 0 Å². The largest absolute Gasteiger partial charge is 0.325 e. The minimum Gasteiger partial charge on any atom is -0.325 e. The van der Waals surface area contributed by atoms with Gasteiger partial charge in [0.15, 0.2) is 0 Å². The van der Waals surface area contributed by atoms with E-state index >= 15 is 0 Å². The molecule has 1 heterocycles. The highest BCUT2D eigenvalue weighted by Gasteiger charge is 2.49. The smallest absolute Gasteiger partial charge is 0.325 e. The van der Waals surface area contributed by atoms with Gasteiger partial charge in [-0.1, -0.05) is 63.2 Å². The van der Waals surface area contributed by atoms with E-state index in [1.807, 2.05) is 30.3 Å². The van der Waals surface area contributed by atoms with Crippen LogP contribution in [0.2, 0.25) is 0 Å². The van der Waals surface area contributed by atoms with E-state index in [-0.39, 0.29) is 12.0 Å². The maximum absolute atomic E-state index is 13.0. The molecular weight excluding hydrogens is 354 g/mol. The summed E-state index contributed by atoms with van der Waals surface area (Å²) in [5.41, 5.74) is 1.23. The van der Waals surface area contributed by atoms with Crippen LogP contribution in [0.1, 0.15) is 38.8 Å². The Morgan fingerprint density at radius 3 is 2.21 bits per heavy atom. The molecule has 2 N–H and O–H groups in total. The van der Waals surface area contributed by atoms with Gasteiger partial charge in [0.05, 0.1) is 0 Å². The summed E-state index contributed by atoms with van der Waals surface area (Å²) < 4.78 is 0. The quantitative estimate of drug-likeness (QED) is 0.800. The van der Waals surface area contributed by atoms with E-state index in [1.165, 1.54) is 0 Å². The Morgan fingerprint density at radius 2 is 1.64 bits per heavy atom. The Kier molecular flexibility index (Phi) is 4.98. The molecule has 1 fully saturated rings. The molecule has 1 unspecified atom stereocenters. The fourth-order valence-corrected chi connectivity index (χ4v) is 3.21. The first-order valence-corrected chi connectivity index (χ1v) is 9.21. The topological polar surface area (TPSA) is 78.5 Å². The zero-order valence-corrected chi connectivity index (χ0v) is 16.6. The normalized spacial score (nSPS) is 19.5. The second-order valence-electron chi connectivity index (χ2n) is 8.19. The lowest BCUT2D eigenvalue weighted by Crippen LogP contribution is -2.42. The van der Waals surface area contributed by atoms with E-state index in [9.17, 15) is 14.4 Å². The van der Waals surface area contributed by atoms with Gasteiger partial charge in [-0.15, -0.1) is 0 Å². The van der Waals surface area contributed by atoms with Gasteiger partial charge >= 0.3 is 6.03 Å². The lowest BCUT2D eigenvalue weighted by Gasteiger charge is -2.24. The maximum atomic E-state index is 13.0. The number of imide groups is 1. The van der Waals surface area contributed by atoms with Crippen molar-refractivity contribution in [2.75, 3.05) is 11.9 Å². The summed E-state index contributed by atoms with van der Waals surface area (Å²) in [4.78, 5) is 38.6. The van der Waals surface area contributed by atoms with Crippen LogP contribution in [0.3, 0.4) is 0 Å². The van der Waals surface area contributed by atoms with Crippen LogP contribution in [-0.4, -0.2) is 29.3 Å². The van der Waals surface area contributed by atoms with Crippen molar-refractivity contribution in [1.29, 1.82) is 0 Å². The van der Waals surface area contributed by atoms with E-state index < -0.39 is 23.4 Å². The summed E-state index contributed by atoms with van der Waals surface area (Å²) in [6.45, 7) is 7.65. The highest BCUT2D eigenvalue weighted by molar-refractivity contribution is 6.10. The summed E-state index contributed by atoms with van der Waals surface area (Å²) in [7, 11) is 0. The molecule has 0 bridgehead atoms. The molecular formula is C22H25N3O3. The Morgan fingerprint density at radius 1 is 1.04 bits per heavy atom. The molecule has 1 atom stereocenters. The molecule has 0 radical (unpaired) electrons. The molecule has 0 aliphatic carbocycles. The van der Waals surface area contributed by atoms with E-state index in [4.69, 9.17) is 0 Å². The summed E-state index contributed by atoms with van der Waals surface area (Å²) >= 11 is 0. The highest BCUT2D eigenvalue weighted by atomic mass is 16.2. The number of hydrogen-bond donors (Lipinski definition) is 2. The van der Waals surface area contributed by atoms with Crippen molar-refractivity contribution < 1.29 is 14.4 Å². The molecule has 6 heteroatoms. The number of carbonyl (C=O) groups excluding carboxylic acids is 3. The molecule has 3 rings (SSSR count). The average molecular weight is 379 g/mol. The van der Waals surface area contributed by atoms with Crippen molar-refractivity contribution in [1.82, 2.24) is 10.2 Å². The average Bonchev–Trinajstić information content (AvgIpc) is 2.86. The molecule has 0 spiro atoms. The van der Waals surface area contributed by atoms with Gasteiger partial charge in [-0.05, 0) is 35.6 Å². The predicted octanol–water partition coefficient (Wildman–Crippen LogP) is 3.39. The zero-order chi connectivity index (χ0) is 20.5. The van der Waals surface area contributed by atoms with Gasteiger partial charge in [-0.25, -0.2) is 4.79 Å². The van der Waals surface area contributed by atoms with Gasteiger partial charge in [0.1, 0.15) is 12.1 Å². The van der Waals surface area contributed by atoms with Gasteiger partial charge < -0.3 is 10.6 Å². The number of hydrogen-bond acceptors (Lipinski definition) is 3. The third-order valence-corrected chi connectivity index (χ3v) is 4.96. The number of benzene rings is 2. The van der Waals surface area contributed by atoms with Crippen molar-refractivity contribution in [3.63, 3.8) is 0 Å². The zero-order valence-electron chi connectivity index (χ0n) is 16.6. The number of anilines is 1. The van der Waals surface area contributed by atoms with Crippen LogP contribution < -0.4 is 10.6 Å². The Bertz CT molecular complexity index is 901. The number of nitrogens with zero attached hydrogens (tertiary/aromatic N) is 1. The lowest BCUT2D eigenvalue weighted by atomic mass is 9.84. The van der Waals surface area contributed by atoms with Gasteiger partial charge in [0.25, 0.3) is 5.91 Å². The monoisotopic (exact) mass is 379 g/mol. The highest BCUT2D eigenvalue weighted by Crippen LogP contribution is 2.31. The van der Waals surface area contributed by atoms with Gasteiger partial charge in [0, 0.05) is 5.69 Å². The van der Waals surface area contributed by atoms with Crippen molar-refractivity contribution >= 4 is 23.5 Å². The van der Waals surface area contributed by atoms with Crippen molar-refractivity contribution in [2.45, 2.75) is 38.6 Å². The predicted molar refractivity (Wildman–Crippen MR) is 108 cm³/mol. The van der Waals surface area contributed by atoms with Crippen molar-refractivity contribution in [3.05, 3.63) is 65.7 Å². The van der Waals surface area contributed by atoms with Crippen molar-refractivity contribution in [2.24, 2.45) is 0 Å². The molecule has 28 heavy (non-hydrogen) atoms. The summed E-state index contributed by atoms with van der Waals surface area (Å²) in [6.07, 6.45) is 0. The minimum absolute atomic E-state index is 0.00999. The Balaban J connectivity index is 1.76. The van der Waals surface area contributed by atoms with Crippen LogP contribution in [0.5, 0.6) is 0 Å². The van der Waals surface area contributed by atoms with Gasteiger partial charge in [-0.2, -0.15) is 0 Å². The molecule has 6 nitrogen and oxygen atoms in total. The molecule has 2 aromatic rings. The van der Waals surface area contributed by atoms with Crippen LogP contribution >= 0.6 is 0 Å². The summed E-state index contributed by atoms with van der Waals surface area (Å²) in [5.74, 6) is -0.869. The molecule has 0 aromatic heterocycles. The number of amides is 4. The Hall–Kier alpha value is -3.15. The number of urea groups is 1. The van der Waals surface area contributed by atoms with E-state index in [0.717, 1.165) is 10.5 Å². The summed E-state index contributed by atoms with van der Waals surface area (Å²) in [6, 6.07) is 16.0. The first-order chi connectivity index (χ1) is 13.1. The van der Waals surface area contributed by atoms with Crippen LogP contribution in [0.25, 0.3) is 0 Å². The van der Waals surface area contributed by atoms with Gasteiger partial charge in [0.2, 0.25) is 5.91 Å². The van der Waals surface area contributed by atoms with E-state index in [0.29, 0.717) is 11.3 Å². The van der Waals surface area contributed by atoms with Crippen LogP contribution in [0.15, 0.2) is 54.6 Å². The lowest BCUT2D eigenvalue weighted by molar-refractivity contribution is -0.133. The van der Waals surface area contributed by atoms with Crippen LogP contribution in [0.4, 0.5) is 10.5 Å². The minimum atomic E-state index is -1.19. The maximum Gasteiger partial charge on any atom is 0.325 e. The molecule has 0 saturated carbocycles. The molecule has 146 valence electrons. The molecule has 1 aliphatic rings. The summed E-state index contributed by atoms with van der Waals surface area (Å²) in [5, 5.41) is 5.42. The van der Waals surface area contributed by atoms with E-state index in [2.05, 4.69) is 31.4 Å². The SMILES string of the molecule is CC(C)(C)c1ccc(C2(C)NC(=O)N(CC(=O)Nc3ccccc3)C2=O)cc1. The first kappa shape index (κ1) is 19.6. The van der Waals surface area contributed by atoms with Crippen LogP contribution in [-0.2, 0) is 20.5 Å². The van der Waals surface area contributed by atoms with Crippen LogP contribution in [0, 0.1) is 0 Å². The first-order valence-electron chi connectivity index (χ1n) is 9.21. The van der Waals surface area contributed by atoms with Gasteiger partial charge in [-0.3, -0.25) is 14.5 Å². The molecule has 4 amide bonds. The van der Waals surface area contributed by atoms with E-state index in [1.54, 1.807) is 31.2 Å². The third-order valence-electron chi connectivity index (χ3n) is 4.96. The number of nitrogens with one attached hydrogen (secondary N) is 2. The number of para-hydroxylation sites is 1. The second kappa shape index (κ2) is 7.11. The molecule has 1 aliphatic heterocycles. The number of rotatable bonds is 4. The second-order valence-corrected chi connectivity index (χ2v) is 8.19. The Labute approximate surface area is 164 Å².